The van der Waals surface area contributed by atoms with E-state index in [4.69, 9.17) is 11.6 Å². The number of hydrogen-bond acceptors (Lipinski definition) is 4. The molecule has 0 saturated heterocycles. The van der Waals surface area contributed by atoms with Gasteiger partial charge in [0, 0.05) is 23.7 Å². The van der Waals surface area contributed by atoms with Gasteiger partial charge in [-0.1, -0.05) is 11.6 Å². The molecule has 1 N–H and O–H groups in total. The molecule has 1 aromatic carbocycles. The van der Waals surface area contributed by atoms with Gasteiger partial charge in [0.05, 0.1) is 5.69 Å². The van der Waals surface area contributed by atoms with Crippen LogP contribution in [-0.2, 0) is 4.79 Å². The van der Waals surface area contributed by atoms with Crippen LogP contribution in [0.25, 0.3) is 11.8 Å². The molecule has 0 aliphatic carbocycles. The van der Waals surface area contributed by atoms with Crippen molar-refractivity contribution < 1.29 is 4.79 Å². The van der Waals surface area contributed by atoms with Gasteiger partial charge in [0.15, 0.2) is 0 Å². The monoisotopic (exact) mass is 263 g/mol. The largest absolute Gasteiger partial charge is 0.356 e. The number of halogens is 1. The van der Waals surface area contributed by atoms with Crippen molar-refractivity contribution >= 4 is 23.6 Å². The van der Waals surface area contributed by atoms with Crippen molar-refractivity contribution in [3.05, 3.63) is 41.2 Å². The second kappa shape index (κ2) is 5.42. The van der Waals surface area contributed by atoms with E-state index in [0.717, 1.165) is 11.3 Å². The molecule has 6 nitrogen and oxygen atoms in total. The van der Waals surface area contributed by atoms with Gasteiger partial charge in [-0.15, -0.1) is 5.10 Å². The minimum atomic E-state index is -0.197. The van der Waals surface area contributed by atoms with Gasteiger partial charge >= 0.3 is 0 Å². The summed E-state index contributed by atoms with van der Waals surface area (Å²) in [5.74, 6) is -0.197. The maximum atomic E-state index is 11.2. The number of carbonyl (C=O) groups excluding carboxylic acids is 1. The van der Waals surface area contributed by atoms with E-state index in [0.29, 0.717) is 5.02 Å². The number of benzene rings is 1. The van der Waals surface area contributed by atoms with Gasteiger partial charge in [-0.05, 0) is 34.7 Å². The Bertz CT molecular complexity index is 579. The molecule has 0 aliphatic rings. The molecule has 1 heterocycles. The zero-order chi connectivity index (χ0) is 13.0. The molecule has 2 aromatic rings. The zero-order valence-electron chi connectivity index (χ0n) is 9.54. The Morgan fingerprint density at radius 3 is 3.00 bits per heavy atom. The average molecular weight is 264 g/mol. The van der Waals surface area contributed by atoms with Crippen LogP contribution in [0.15, 0.2) is 30.6 Å². The van der Waals surface area contributed by atoms with E-state index in [9.17, 15) is 4.79 Å². The highest BCUT2D eigenvalue weighted by molar-refractivity contribution is 6.30. The zero-order valence-corrected chi connectivity index (χ0v) is 10.3. The number of likely N-dealkylation sites (N-methyl/N-ethyl adjacent to an activating group) is 1. The van der Waals surface area contributed by atoms with Crippen LogP contribution in [0.5, 0.6) is 0 Å². The molecule has 0 atom stereocenters. The first-order valence-corrected chi connectivity index (χ1v) is 5.51. The van der Waals surface area contributed by atoms with Gasteiger partial charge in [-0.25, -0.2) is 0 Å². The summed E-state index contributed by atoms with van der Waals surface area (Å²) in [4.78, 5) is 11.2. The van der Waals surface area contributed by atoms with E-state index in [1.165, 1.54) is 17.1 Å². The summed E-state index contributed by atoms with van der Waals surface area (Å²) in [7, 11) is 1.56. The average Bonchev–Trinajstić information content (AvgIpc) is 2.89. The van der Waals surface area contributed by atoms with E-state index >= 15 is 0 Å². The van der Waals surface area contributed by atoms with E-state index < -0.39 is 0 Å². The Labute approximate surface area is 108 Å². The summed E-state index contributed by atoms with van der Waals surface area (Å²) in [6.45, 7) is 0. The van der Waals surface area contributed by atoms with Gasteiger partial charge in [0.1, 0.15) is 6.33 Å². The summed E-state index contributed by atoms with van der Waals surface area (Å²) in [6, 6.07) is 5.25. The lowest BCUT2D eigenvalue weighted by atomic mass is 10.1. The molecule has 1 amide bonds. The summed E-state index contributed by atoms with van der Waals surface area (Å²) >= 11 is 5.93. The van der Waals surface area contributed by atoms with Crippen LogP contribution < -0.4 is 5.32 Å². The van der Waals surface area contributed by atoms with Crippen LogP contribution in [0.1, 0.15) is 5.56 Å². The number of nitrogens with one attached hydrogen (secondary N) is 1. The second-order valence-electron chi connectivity index (χ2n) is 3.41. The van der Waals surface area contributed by atoms with Crippen LogP contribution in [0.2, 0.25) is 5.02 Å². The Morgan fingerprint density at radius 2 is 2.33 bits per heavy atom. The molecule has 1 aromatic heterocycles. The Morgan fingerprint density at radius 1 is 1.50 bits per heavy atom. The van der Waals surface area contributed by atoms with E-state index in [-0.39, 0.29) is 5.91 Å². The van der Waals surface area contributed by atoms with Gasteiger partial charge < -0.3 is 5.32 Å². The van der Waals surface area contributed by atoms with Crippen LogP contribution in [0.3, 0.4) is 0 Å². The van der Waals surface area contributed by atoms with Crippen LogP contribution in [0, 0.1) is 0 Å². The smallest absolute Gasteiger partial charge is 0.243 e. The first-order valence-electron chi connectivity index (χ1n) is 5.13. The maximum absolute atomic E-state index is 11.2. The third-order valence-electron chi connectivity index (χ3n) is 2.25. The van der Waals surface area contributed by atoms with Crippen molar-refractivity contribution in [3.63, 3.8) is 0 Å². The van der Waals surface area contributed by atoms with Crippen molar-refractivity contribution in [3.8, 4) is 5.69 Å². The molecular weight excluding hydrogens is 254 g/mol. The number of carbonyl (C=O) groups is 1. The molecule has 7 heteroatoms. The van der Waals surface area contributed by atoms with Crippen molar-refractivity contribution in [2.45, 2.75) is 0 Å². The van der Waals surface area contributed by atoms with Crippen molar-refractivity contribution in [1.82, 2.24) is 25.5 Å². The summed E-state index contributed by atoms with van der Waals surface area (Å²) in [5.41, 5.74) is 1.49. The van der Waals surface area contributed by atoms with E-state index in [2.05, 4.69) is 20.8 Å². The molecule has 0 unspecified atom stereocenters. The summed E-state index contributed by atoms with van der Waals surface area (Å²) in [5, 5.41) is 14.0. The van der Waals surface area contributed by atoms with Gasteiger partial charge in [-0.2, -0.15) is 4.68 Å². The molecule has 0 spiro atoms. The predicted octanol–water partition coefficient (Wildman–Crippen LogP) is 1.07. The molecule has 0 saturated carbocycles. The fraction of sp³-hybridized carbons (Fsp3) is 0.0909. The lowest BCUT2D eigenvalue weighted by Gasteiger charge is -2.05. The number of amides is 1. The molecule has 0 radical (unpaired) electrons. The van der Waals surface area contributed by atoms with E-state index in [1.54, 1.807) is 31.3 Å². The fourth-order valence-electron chi connectivity index (χ4n) is 1.39. The second-order valence-corrected chi connectivity index (χ2v) is 3.84. The van der Waals surface area contributed by atoms with Crippen molar-refractivity contribution in [2.24, 2.45) is 0 Å². The minimum Gasteiger partial charge on any atom is -0.356 e. The first-order chi connectivity index (χ1) is 8.70. The number of aromatic nitrogens is 4. The quantitative estimate of drug-likeness (QED) is 0.841. The molecule has 2 rings (SSSR count). The normalized spacial score (nSPS) is 10.8. The minimum absolute atomic E-state index is 0.197. The summed E-state index contributed by atoms with van der Waals surface area (Å²) in [6.07, 6.45) is 4.54. The molecule has 0 bridgehead atoms. The SMILES string of the molecule is CNC(=O)C=Cc1cc(Cl)ccc1-n1cnnn1. The van der Waals surface area contributed by atoms with Gasteiger partial charge in [-0.3, -0.25) is 4.79 Å². The number of hydrogen-bond donors (Lipinski definition) is 1. The number of tetrazole rings is 1. The maximum Gasteiger partial charge on any atom is 0.243 e. The topological polar surface area (TPSA) is 72.7 Å². The molecule has 92 valence electrons. The molecule has 0 fully saturated rings. The van der Waals surface area contributed by atoms with E-state index in [1.807, 2.05) is 0 Å². The first kappa shape index (κ1) is 12.3. The molecule has 18 heavy (non-hydrogen) atoms. The number of nitrogens with zero attached hydrogens (tertiary/aromatic N) is 4. The van der Waals surface area contributed by atoms with Gasteiger partial charge in [0.2, 0.25) is 5.91 Å². The Balaban J connectivity index is 2.42. The van der Waals surface area contributed by atoms with Gasteiger partial charge in [0.25, 0.3) is 0 Å². The predicted molar refractivity (Wildman–Crippen MR) is 67.3 cm³/mol. The number of rotatable bonds is 3. The molecule has 0 aliphatic heterocycles. The van der Waals surface area contributed by atoms with Crippen LogP contribution >= 0.6 is 11.6 Å². The highest BCUT2D eigenvalue weighted by Crippen LogP contribution is 2.20. The lowest BCUT2D eigenvalue weighted by molar-refractivity contribution is -0.115. The highest BCUT2D eigenvalue weighted by atomic mass is 35.5. The van der Waals surface area contributed by atoms with Crippen LogP contribution in [0.4, 0.5) is 0 Å². The third kappa shape index (κ3) is 2.72. The Hall–Kier alpha value is -2.21. The van der Waals surface area contributed by atoms with Crippen molar-refractivity contribution in [1.29, 1.82) is 0 Å². The lowest BCUT2D eigenvalue weighted by Crippen LogP contribution is -2.13. The van der Waals surface area contributed by atoms with Crippen LogP contribution in [-0.4, -0.2) is 33.2 Å². The summed E-state index contributed by atoms with van der Waals surface area (Å²) < 4.78 is 1.50. The molecular formula is C11H10ClN5O. The fourth-order valence-corrected chi connectivity index (χ4v) is 1.57. The van der Waals surface area contributed by atoms with Crippen molar-refractivity contribution in [2.75, 3.05) is 7.05 Å². The highest BCUT2D eigenvalue weighted by Gasteiger charge is 2.05. The third-order valence-corrected chi connectivity index (χ3v) is 2.48. The standard InChI is InChI=1S/C11H10ClN5O/c1-13-11(18)5-2-8-6-9(12)3-4-10(8)17-7-14-15-16-17/h2-7H,1H3,(H,13,18). The Kier molecular flexibility index (Phi) is 3.69.